The van der Waals surface area contributed by atoms with E-state index in [1.54, 1.807) is 0 Å². The van der Waals surface area contributed by atoms with E-state index in [9.17, 15) is 0 Å². The van der Waals surface area contributed by atoms with Crippen LogP contribution in [0.25, 0.3) is 0 Å². The molecule has 0 amide bonds. The molecule has 1 aliphatic carbocycles. The second-order valence-electron chi connectivity index (χ2n) is 8.81. The third kappa shape index (κ3) is 4.29. The van der Waals surface area contributed by atoms with Crippen LogP contribution in [-0.4, -0.2) is 4.75 Å². The van der Waals surface area contributed by atoms with Crippen LogP contribution in [0.2, 0.25) is 0 Å². The van der Waals surface area contributed by atoms with Gasteiger partial charge in [-0.15, -0.1) is 0 Å². The van der Waals surface area contributed by atoms with Crippen molar-refractivity contribution in [2.75, 3.05) is 0 Å². The van der Waals surface area contributed by atoms with E-state index in [4.69, 9.17) is 12.6 Å². The molecule has 118 valence electrons. The maximum absolute atomic E-state index is 4.94. The van der Waals surface area contributed by atoms with Crippen LogP contribution in [0, 0.1) is 28.6 Å². The van der Waals surface area contributed by atoms with Gasteiger partial charge in [-0.25, -0.2) is 0 Å². The lowest BCUT2D eigenvalue weighted by atomic mass is 9.60. The smallest absolute Gasteiger partial charge is 0.0283 e. The van der Waals surface area contributed by atoms with Crippen molar-refractivity contribution in [3.63, 3.8) is 0 Å². The van der Waals surface area contributed by atoms with E-state index in [1.165, 1.54) is 19.3 Å². The monoisotopic (exact) mass is 296 g/mol. The molecule has 1 rings (SSSR count). The summed E-state index contributed by atoms with van der Waals surface area (Å²) in [4.78, 5) is 0. The molecule has 0 nitrogen and oxygen atoms in total. The van der Waals surface area contributed by atoms with Crippen molar-refractivity contribution in [2.24, 2.45) is 28.6 Å². The van der Waals surface area contributed by atoms with E-state index >= 15 is 0 Å². The van der Waals surface area contributed by atoms with Gasteiger partial charge in [-0.2, -0.15) is 12.6 Å². The fraction of sp³-hybridized carbons (Fsp3) is 0.895. The molecule has 4 atom stereocenters. The molecule has 1 heteroatoms. The largest absolute Gasteiger partial charge is 0.169 e. The molecule has 0 saturated heterocycles. The van der Waals surface area contributed by atoms with Gasteiger partial charge in [0.1, 0.15) is 0 Å². The highest BCUT2D eigenvalue weighted by Crippen LogP contribution is 2.50. The van der Waals surface area contributed by atoms with Crippen molar-refractivity contribution in [1.29, 1.82) is 0 Å². The maximum atomic E-state index is 4.94. The number of allylic oxidation sites excluding steroid dienone is 1. The van der Waals surface area contributed by atoms with Crippen LogP contribution >= 0.6 is 12.6 Å². The van der Waals surface area contributed by atoms with Crippen LogP contribution in [0.1, 0.15) is 74.7 Å². The molecular formula is C19H36S. The zero-order valence-electron chi connectivity index (χ0n) is 15.0. The van der Waals surface area contributed by atoms with Crippen LogP contribution in [0.15, 0.2) is 12.2 Å². The lowest BCUT2D eigenvalue weighted by Gasteiger charge is -2.45. The average Bonchev–Trinajstić information content (AvgIpc) is 2.25. The van der Waals surface area contributed by atoms with E-state index in [0.717, 1.165) is 11.8 Å². The summed E-state index contributed by atoms with van der Waals surface area (Å²) in [5.74, 6) is 2.18. The molecular weight excluding hydrogens is 260 g/mol. The van der Waals surface area contributed by atoms with Crippen molar-refractivity contribution >= 4 is 12.6 Å². The fourth-order valence-electron chi connectivity index (χ4n) is 5.02. The minimum Gasteiger partial charge on any atom is -0.169 e. The fourth-order valence-corrected chi connectivity index (χ4v) is 5.38. The zero-order chi connectivity index (χ0) is 15.8. The predicted molar refractivity (Wildman–Crippen MR) is 95.4 cm³/mol. The minimum atomic E-state index is 0.0173. The third-order valence-electron chi connectivity index (χ3n) is 5.48. The van der Waals surface area contributed by atoms with Gasteiger partial charge in [0, 0.05) is 4.75 Å². The maximum Gasteiger partial charge on any atom is 0.0283 e. The first-order valence-electron chi connectivity index (χ1n) is 8.35. The standard InChI is InChI=1S/C19H36S/c1-9-18(7)10-11-19(8,20)12-15(4)16(14(2)3)17(5,6)13-18/h10-11,14-16,20H,9,12-13H2,1-8H3/b11-10-. The Kier molecular flexibility index (Phi) is 5.50. The highest BCUT2D eigenvalue weighted by molar-refractivity contribution is 7.82. The SMILES string of the molecule is CCC1(C)/C=C\C(C)(S)CC(C)C(C(C)C)C(C)(C)C1. The summed E-state index contributed by atoms with van der Waals surface area (Å²) in [6.07, 6.45) is 8.46. The molecule has 0 aromatic heterocycles. The van der Waals surface area contributed by atoms with Crippen molar-refractivity contribution in [2.45, 2.75) is 79.4 Å². The topological polar surface area (TPSA) is 0 Å². The van der Waals surface area contributed by atoms with Gasteiger partial charge in [-0.05, 0) is 54.8 Å². The summed E-state index contributed by atoms with van der Waals surface area (Å²) in [5, 5.41) is 0. The summed E-state index contributed by atoms with van der Waals surface area (Å²) in [5.41, 5.74) is 0.668. The van der Waals surface area contributed by atoms with Crippen LogP contribution in [0.4, 0.5) is 0 Å². The van der Waals surface area contributed by atoms with E-state index in [0.29, 0.717) is 16.7 Å². The van der Waals surface area contributed by atoms with Gasteiger partial charge in [0.15, 0.2) is 0 Å². The summed E-state index contributed by atoms with van der Waals surface area (Å²) >= 11 is 4.94. The van der Waals surface area contributed by atoms with Crippen molar-refractivity contribution in [3.05, 3.63) is 12.2 Å². The van der Waals surface area contributed by atoms with Crippen LogP contribution in [0.3, 0.4) is 0 Å². The Bertz CT molecular complexity index is 351. The Hall–Kier alpha value is 0.0900. The molecule has 0 bridgehead atoms. The van der Waals surface area contributed by atoms with E-state index in [2.05, 4.69) is 67.5 Å². The van der Waals surface area contributed by atoms with Gasteiger partial charge in [-0.1, -0.05) is 60.6 Å². The van der Waals surface area contributed by atoms with E-state index in [1.807, 2.05) is 0 Å². The quantitative estimate of drug-likeness (QED) is 0.444. The summed E-state index contributed by atoms with van der Waals surface area (Å²) < 4.78 is 0.0173. The number of hydrogen-bond acceptors (Lipinski definition) is 1. The lowest BCUT2D eigenvalue weighted by Crippen LogP contribution is -2.37. The highest BCUT2D eigenvalue weighted by Gasteiger charge is 2.42. The average molecular weight is 297 g/mol. The Balaban J connectivity index is 3.27. The molecule has 0 aromatic carbocycles. The van der Waals surface area contributed by atoms with Crippen LogP contribution < -0.4 is 0 Å². The number of thiol groups is 1. The molecule has 0 spiro atoms. The molecule has 0 aromatic rings. The summed E-state index contributed by atoms with van der Waals surface area (Å²) in [6, 6.07) is 0. The Morgan fingerprint density at radius 2 is 1.70 bits per heavy atom. The summed E-state index contributed by atoms with van der Waals surface area (Å²) in [7, 11) is 0. The molecule has 20 heavy (non-hydrogen) atoms. The number of hydrogen-bond donors (Lipinski definition) is 1. The molecule has 0 heterocycles. The molecule has 0 aliphatic heterocycles. The Labute approximate surface area is 133 Å². The van der Waals surface area contributed by atoms with Gasteiger partial charge >= 0.3 is 0 Å². The van der Waals surface area contributed by atoms with Crippen molar-refractivity contribution < 1.29 is 0 Å². The molecule has 0 N–H and O–H groups in total. The lowest BCUT2D eigenvalue weighted by molar-refractivity contribution is 0.0543. The molecule has 0 radical (unpaired) electrons. The molecule has 0 fully saturated rings. The van der Waals surface area contributed by atoms with Crippen molar-refractivity contribution in [3.8, 4) is 0 Å². The van der Waals surface area contributed by atoms with Gasteiger partial charge in [0.05, 0.1) is 0 Å². The van der Waals surface area contributed by atoms with E-state index < -0.39 is 0 Å². The zero-order valence-corrected chi connectivity index (χ0v) is 15.8. The predicted octanol–water partition coefficient (Wildman–Crippen LogP) is 6.38. The molecule has 4 unspecified atom stereocenters. The minimum absolute atomic E-state index is 0.0173. The first-order valence-corrected chi connectivity index (χ1v) is 8.80. The van der Waals surface area contributed by atoms with Gasteiger partial charge in [0.2, 0.25) is 0 Å². The van der Waals surface area contributed by atoms with Gasteiger partial charge in [-0.3, -0.25) is 0 Å². The van der Waals surface area contributed by atoms with Crippen LogP contribution in [-0.2, 0) is 0 Å². The van der Waals surface area contributed by atoms with Crippen LogP contribution in [0.5, 0.6) is 0 Å². The highest BCUT2D eigenvalue weighted by atomic mass is 32.1. The number of rotatable bonds is 2. The first kappa shape index (κ1) is 18.1. The first-order chi connectivity index (χ1) is 8.92. The summed E-state index contributed by atoms with van der Waals surface area (Å²) in [6.45, 7) is 19.2. The third-order valence-corrected chi connectivity index (χ3v) is 5.81. The second-order valence-corrected chi connectivity index (χ2v) is 9.84. The Morgan fingerprint density at radius 3 is 2.15 bits per heavy atom. The van der Waals surface area contributed by atoms with Crippen molar-refractivity contribution in [1.82, 2.24) is 0 Å². The normalized spacial score (nSPS) is 43.7. The molecule has 1 aliphatic rings. The van der Waals surface area contributed by atoms with Gasteiger partial charge in [0.25, 0.3) is 0 Å². The Morgan fingerprint density at radius 1 is 1.15 bits per heavy atom. The van der Waals surface area contributed by atoms with Gasteiger partial charge < -0.3 is 0 Å². The molecule has 0 saturated carbocycles. The second kappa shape index (κ2) is 6.07. The van der Waals surface area contributed by atoms with E-state index in [-0.39, 0.29) is 4.75 Å².